The molecule has 0 aromatic heterocycles. The molecule has 2 aromatic carbocycles. The molecule has 0 amide bonds. The minimum Gasteiger partial charge on any atom is -0.497 e. The second-order valence-corrected chi connectivity index (χ2v) is 4.63. The summed E-state index contributed by atoms with van der Waals surface area (Å²) >= 11 is 0. The van der Waals surface area contributed by atoms with Crippen molar-refractivity contribution in [1.82, 2.24) is 5.32 Å². The van der Waals surface area contributed by atoms with Gasteiger partial charge < -0.3 is 14.8 Å². The number of halogens is 1. The average molecular weight is 289 g/mol. The van der Waals surface area contributed by atoms with E-state index in [-0.39, 0.29) is 17.6 Å². The van der Waals surface area contributed by atoms with E-state index in [4.69, 9.17) is 9.47 Å². The number of para-hydroxylation sites is 1. The second kappa shape index (κ2) is 7.64. The Morgan fingerprint density at radius 1 is 1.14 bits per heavy atom. The van der Waals surface area contributed by atoms with Crippen LogP contribution in [-0.2, 0) is 0 Å². The summed E-state index contributed by atoms with van der Waals surface area (Å²) in [4.78, 5) is 0. The second-order valence-electron chi connectivity index (χ2n) is 4.63. The molecule has 2 rings (SSSR count). The van der Waals surface area contributed by atoms with Gasteiger partial charge in [0, 0.05) is 0 Å². The normalized spacial score (nSPS) is 12.0. The number of nitrogens with one attached hydrogen (secondary N) is 1. The van der Waals surface area contributed by atoms with E-state index in [1.165, 1.54) is 6.07 Å². The van der Waals surface area contributed by atoms with Crippen LogP contribution in [0.15, 0.2) is 48.5 Å². The minimum atomic E-state index is -0.349. The molecule has 0 radical (unpaired) electrons. The highest BCUT2D eigenvalue weighted by Crippen LogP contribution is 2.22. The van der Waals surface area contributed by atoms with Gasteiger partial charge in [0.1, 0.15) is 12.4 Å². The largest absolute Gasteiger partial charge is 0.497 e. The lowest BCUT2D eigenvalue weighted by molar-refractivity contribution is 0.257. The molecule has 1 unspecified atom stereocenters. The molecule has 0 fully saturated rings. The molecule has 0 saturated heterocycles. The molecule has 1 atom stereocenters. The first-order valence-corrected chi connectivity index (χ1v) is 6.99. The van der Waals surface area contributed by atoms with E-state index in [1.807, 2.05) is 31.2 Å². The molecule has 0 heterocycles. The van der Waals surface area contributed by atoms with Gasteiger partial charge in [0.25, 0.3) is 0 Å². The number of methoxy groups -OCH3 is 1. The fourth-order valence-corrected chi connectivity index (χ4v) is 2.11. The van der Waals surface area contributed by atoms with E-state index in [9.17, 15) is 4.39 Å². The van der Waals surface area contributed by atoms with Gasteiger partial charge in [-0.3, -0.25) is 0 Å². The molecular formula is C17H20FNO2. The zero-order valence-corrected chi connectivity index (χ0v) is 12.3. The molecule has 1 N–H and O–H groups in total. The van der Waals surface area contributed by atoms with Crippen LogP contribution < -0.4 is 14.8 Å². The molecule has 0 spiro atoms. The summed E-state index contributed by atoms with van der Waals surface area (Å²) in [6, 6.07) is 14.2. The Balaban J connectivity index is 2.10. The van der Waals surface area contributed by atoms with Crippen molar-refractivity contribution in [1.29, 1.82) is 0 Å². The molecule has 2 aromatic rings. The Morgan fingerprint density at radius 2 is 1.95 bits per heavy atom. The smallest absolute Gasteiger partial charge is 0.165 e. The van der Waals surface area contributed by atoms with Crippen LogP contribution in [0.25, 0.3) is 0 Å². The number of rotatable bonds is 7. The number of benzene rings is 2. The van der Waals surface area contributed by atoms with Crippen molar-refractivity contribution < 1.29 is 13.9 Å². The van der Waals surface area contributed by atoms with E-state index >= 15 is 0 Å². The summed E-state index contributed by atoms with van der Waals surface area (Å²) in [7, 11) is 1.64. The van der Waals surface area contributed by atoms with Crippen molar-refractivity contribution >= 4 is 0 Å². The van der Waals surface area contributed by atoms with E-state index in [2.05, 4.69) is 5.32 Å². The maximum Gasteiger partial charge on any atom is 0.165 e. The van der Waals surface area contributed by atoms with Crippen LogP contribution in [-0.4, -0.2) is 20.3 Å². The maximum absolute atomic E-state index is 13.6. The van der Waals surface area contributed by atoms with E-state index < -0.39 is 0 Å². The Bertz CT molecular complexity index is 574. The van der Waals surface area contributed by atoms with E-state index in [1.54, 1.807) is 25.3 Å². The van der Waals surface area contributed by atoms with Crippen LogP contribution in [0.4, 0.5) is 4.39 Å². The van der Waals surface area contributed by atoms with E-state index in [0.29, 0.717) is 6.61 Å². The Morgan fingerprint density at radius 3 is 2.67 bits per heavy atom. The van der Waals surface area contributed by atoms with Crippen molar-refractivity contribution in [2.24, 2.45) is 0 Å². The summed E-state index contributed by atoms with van der Waals surface area (Å²) in [5.74, 6) is 0.711. The predicted molar refractivity (Wildman–Crippen MR) is 81.3 cm³/mol. The van der Waals surface area contributed by atoms with Gasteiger partial charge in [-0.2, -0.15) is 0 Å². The van der Waals surface area contributed by atoms with Crippen molar-refractivity contribution in [2.45, 2.75) is 13.0 Å². The lowest BCUT2D eigenvalue weighted by Crippen LogP contribution is -2.26. The third-order valence-corrected chi connectivity index (χ3v) is 3.19. The van der Waals surface area contributed by atoms with Gasteiger partial charge in [-0.1, -0.05) is 31.2 Å². The lowest BCUT2D eigenvalue weighted by Gasteiger charge is -2.19. The van der Waals surface area contributed by atoms with Gasteiger partial charge in [-0.05, 0) is 36.4 Å². The first-order chi connectivity index (χ1) is 10.2. The highest BCUT2D eigenvalue weighted by atomic mass is 19.1. The Labute approximate surface area is 124 Å². The zero-order valence-electron chi connectivity index (χ0n) is 12.3. The highest BCUT2D eigenvalue weighted by Gasteiger charge is 2.13. The molecule has 0 saturated carbocycles. The molecule has 0 aliphatic heterocycles. The molecule has 0 bridgehead atoms. The third kappa shape index (κ3) is 4.20. The van der Waals surface area contributed by atoms with Crippen LogP contribution in [0, 0.1) is 5.82 Å². The van der Waals surface area contributed by atoms with Crippen LogP contribution in [0.2, 0.25) is 0 Å². The topological polar surface area (TPSA) is 30.5 Å². The quantitative estimate of drug-likeness (QED) is 0.845. The van der Waals surface area contributed by atoms with Crippen molar-refractivity contribution in [3.8, 4) is 11.5 Å². The van der Waals surface area contributed by atoms with Crippen LogP contribution in [0.1, 0.15) is 18.5 Å². The van der Waals surface area contributed by atoms with Gasteiger partial charge in [0.15, 0.2) is 11.6 Å². The van der Waals surface area contributed by atoms with Gasteiger partial charge in [0.2, 0.25) is 0 Å². The molecule has 21 heavy (non-hydrogen) atoms. The van der Waals surface area contributed by atoms with Gasteiger partial charge in [-0.25, -0.2) is 4.39 Å². The molecular weight excluding hydrogens is 269 g/mol. The van der Waals surface area contributed by atoms with Crippen molar-refractivity contribution in [2.75, 3.05) is 20.3 Å². The first kappa shape index (κ1) is 15.3. The summed E-state index contributed by atoms with van der Waals surface area (Å²) in [6.07, 6.45) is 0. The van der Waals surface area contributed by atoms with Crippen LogP contribution >= 0.6 is 0 Å². The van der Waals surface area contributed by atoms with Crippen LogP contribution in [0.3, 0.4) is 0 Å². The summed E-state index contributed by atoms with van der Waals surface area (Å²) in [5.41, 5.74) is 1.05. The number of likely N-dealkylation sites (N-methyl/N-ethyl adjacent to an activating group) is 1. The number of ether oxygens (including phenoxy) is 2. The summed E-state index contributed by atoms with van der Waals surface area (Å²) in [5, 5.41) is 3.34. The fourth-order valence-electron chi connectivity index (χ4n) is 2.11. The average Bonchev–Trinajstić information content (AvgIpc) is 2.53. The van der Waals surface area contributed by atoms with Gasteiger partial charge in [0.05, 0.1) is 13.2 Å². The molecule has 3 nitrogen and oxygen atoms in total. The monoisotopic (exact) mass is 289 g/mol. The summed E-state index contributed by atoms with van der Waals surface area (Å²) in [6.45, 7) is 3.17. The van der Waals surface area contributed by atoms with Crippen molar-refractivity contribution in [3.05, 3.63) is 59.9 Å². The molecule has 4 heteroatoms. The standard InChI is InChI=1S/C17H20FNO2/c1-3-19-16(13-7-6-8-14(11-13)20-2)12-21-17-10-5-4-9-15(17)18/h4-11,16,19H,3,12H2,1-2H3. The molecule has 112 valence electrons. The Kier molecular flexibility index (Phi) is 5.58. The fraction of sp³-hybridized carbons (Fsp3) is 0.294. The highest BCUT2D eigenvalue weighted by molar-refractivity contribution is 5.31. The predicted octanol–water partition coefficient (Wildman–Crippen LogP) is 3.56. The third-order valence-electron chi connectivity index (χ3n) is 3.19. The van der Waals surface area contributed by atoms with Gasteiger partial charge in [-0.15, -0.1) is 0 Å². The SMILES string of the molecule is CCNC(COc1ccccc1F)c1cccc(OC)c1. The molecule has 0 aliphatic rings. The van der Waals surface area contributed by atoms with E-state index in [0.717, 1.165) is 17.9 Å². The van der Waals surface area contributed by atoms with Crippen molar-refractivity contribution in [3.63, 3.8) is 0 Å². The number of hydrogen-bond donors (Lipinski definition) is 1. The Hall–Kier alpha value is -2.07. The first-order valence-electron chi connectivity index (χ1n) is 6.99. The lowest BCUT2D eigenvalue weighted by atomic mass is 10.1. The van der Waals surface area contributed by atoms with Crippen LogP contribution in [0.5, 0.6) is 11.5 Å². The zero-order chi connectivity index (χ0) is 15.1. The van der Waals surface area contributed by atoms with Gasteiger partial charge >= 0.3 is 0 Å². The maximum atomic E-state index is 13.6. The number of hydrogen-bond acceptors (Lipinski definition) is 3. The summed E-state index contributed by atoms with van der Waals surface area (Å²) < 4.78 is 24.4. The minimum absolute atomic E-state index is 0.0234. The molecule has 0 aliphatic carbocycles.